The Labute approximate surface area is 104 Å². The summed E-state index contributed by atoms with van der Waals surface area (Å²) in [7, 11) is 0. The minimum atomic E-state index is -0.265. The number of nitrogens with two attached hydrogens (primary N) is 1. The molecule has 0 spiro atoms. The maximum atomic E-state index is 11.6. The second-order valence-electron chi connectivity index (χ2n) is 3.98. The van der Waals surface area contributed by atoms with E-state index in [1.54, 1.807) is 24.7 Å². The first kappa shape index (κ1) is 12.3. The molecule has 1 atom stereocenters. The van der Waals surface area contributed by atoms with Crippen molar-refractivity contribution < 1.29 is 9.53 Å². The summed E-state index contributed by atoms with van der Waals surface area (Å²) in [5.41, 5.74) is 6.86. The van der Waals surface area contributed by atoms with E-state index >= 15 is 0 Å². The van der Waals surface area contributed by atoms with E-state index in [1.165, 1.54) is 6.33 Å². The molecule has 2 rings (SSSR count). The highest BCUT2D eigenvalue weighted by atomic mass is 16.5. The van der Waals surface area contributed by atoms with E-state index in [2.05, 4.69) is 15.0 Å². The molecule has 0 fully saturated rings. The van der Waals surface area contributed by atoms with Gasteiger partial charge in [-0.15, -0.1) is 0 Å². The van der Waals surface area contributed by atoms with Gasteiger partial charge in [-0.2, -0.15) is 0 Å². The van der Waals surface area contributed by atoms with E-state index < -0.39 is 0 Å². The Morgan fingerprint density at radius 1 is 1.50 bits per heavy atom. The summed E-state index contributed by atoms with van der Waals surface area (Å²) in [5, 5.41) is 0. The van der Waals surface area contributed by atoms with Crippen molar-refractivity contribution in [3.8, 4) is 0 Å². The van der Waals surface area contributed by atoms with Crippen molar-refractivity contribution in [3.05, 3.63) is 12.7 Å². The number of hydrogen-bond acceptors (Lipinski definition) is 6. The van der Waals surface area contributed by atoms with Crippen LogP contribution in [0.1, 0.15) is 13.8 Å². The number of hydrogen-bond donors (Lipinski definition) is 1. The van der Waals surface area contributed by atoms with Gasteiger partial charge in [0.15, 0.2) is 11.5 Å². The normalized spacial score (nSPS) is 12.6. The van der Waals surface area contributed by atoms with Crippen molar-refractivity contribution in [2.45, 2.75) is 20.4 Å². The molecule has 0 aromatic carbocycles. The van der Waals surface area contributed by atoms with Crippen LogP contribution in [0.4, 0.5) is 5.82 Å². The minimum Gasteiger partial charge on any atom is -0.466 e. The first-order chi connectivity index (χ1) is 8.63. The first-order valence-electron chi connectivity index (χ1n) is 5.71. The number of carbonyl (C=O) groups is 1. The van der Waals surface area contributed by atoms with Gasteiger partial charge in [0, 0.05) is 6.54 Å². The monoisotopic (exact) mass is 249 g/mol. The lowest BCUT2D eigenvalue weighted by molar-refractivity contribution is -0.147. The summed E-state index contributed by atoms with van der Waals surface area (Å²) in [6, 6.07) is 0. The molecule has 1 unspecified atom stereocenters. The van der Waals surface area contributed by atoms with Crippen LogP contribution in [0, 0.1) is 5.92 Å². The largest absolute Gasteiger partial charge is 0.466 e. The zero-order valence-corrected chi connectivity index (χ0v) is 10.3. The van der Waals surface area contributed by atoms with Gasteiger partial charge in [0.25, 0.3) is 0 Å². The average molecular weight is 249 g/mol. The molecule has 18 heavy (non-hydrogen) atoms. The second-order valence-corrected chi connectivity index (χ2v) is 3.98. The quantitative estimate of drug-likeness (QED) is 0.797. The molecular formula is C11H15N5O2. The predicted octanol–water partition coefficient (Wildman–Crippen LogP) is 0.608. The molecule has 96 valence electrons. The lowest BCUT2D eigenvalue weighted by Crippen LogP contribution is -2.19. The van der Waals surface area contributed by atoms with Gasteiger partial charge in [-0.1, -0.05) is 6.92 Å². The topological polar surface area (TPSA) is 95.9 Å². The third-order valence-corrected chi connectivity index (χ3v) is 2.59. The molecule has 0 aliphatic heterocycles. The predicted molar refractivity (Wildman–Crippen MR) is 65.5 cm³/mol. The Morgan fingerprint density at radius 2 is 2.28 bits per heavy atom. The highest BCUT2D eigenvalue weighted by Gasteiger charge is 2.17. The van der Waals surface area contributed by atoms with Crippen LogP contribution in [-0.2, 0) is 16.1 Å². The van der Waals surface area contributed by atoms with Gasteiger partial charge in [-0.25, -0.2) is 15.0 Å². The summed E-state index contributed by atoms with van der Waals surface area (Å²) in [5.74, 6) is -0.164. The summed E-state index contributed by atoms with van der Waals surface area (Å²) in [6.07, 6.45) is 2.98. The molecule has 0 saturated heterocycles. The number of nitrogens with zero attached hydrogens (tertiary/aromatic N) is 4. The average Bonchev–Trinajstić information content (AvgIpc) is 2.74. The van der Waals surface area contributed by atoms with E-state index in [9.17, 15) is 4.79 Å². The number of aromatic nitrogens is 4. The van der Waals surface area contributed by atoms with E-state index in [0.29, 0.717) is 30.1 Å². The second kappa shape index (κ2) is 4.99. The maximum absolute atomic E-state index is 11.6. The number of carbonyl (C=O) groups excluding carboxylic acids is 1. The molecule has 0 amide bonds. The Bertz CT molecular complexity index is 566. The summed E-state index contributed by atoms with van der Waals surface area (Å²) in [4.78, 5) is 23.7. The molecule has 7 nitrogen and oxygen atoms in total. The Balaban J connectivity index is 2.22. The molecule has 0 aliphatic carbocycles. The van der Waals surface area contributed by atoms with Crippen molar-refractivity contribution >= 4 is 23.0 Å². The molecule has 2 heterocycles. The van der Waals surface area contributed by atoms with E-state index in [1.807, 2.05) is 0 Å². The SMILES string of the molecule is CCOC(=O)C(C)Cn1cnc2c(N)ncnc21. The highest BCUT2D eigenvalue weighted by Crippen LogP contribution is 2.15. The van der Waals surface area contributed by atoms with E-state index in [-0.39, 0.29) is 11.9 Å². The van der Waals surface area contributed by atoms with Crippen molar-refractivity contribution in [2.24, 2.45) is 5.92 Å². The molecule has 2 aromatic heterocycles. The van der Waals surface area contributed by atoms with Crippen LogP contribution in [0.5, 0.6) is 0 Å². The van der Waals surface area contributed by atoms with Gasteiger partial charge in [-0.05, 0) is 6.92 Å². The highest BCUT2D eigenvalue weighted by molar-refractivity contribution is 5.81. The number of ether oxygens (including phenoxy) is 1. The van der Waals surface area contributed by atoms with Gasteiger partial charge in [-0.3, -0.25) is 4.79 Å². The minimum absolute atomic E-state index is 0.235. The number of rotatable bonds is 4. The van der Waals surface area contributed by atoms with Crippen molar-refractivity contribution in [1.29, 1.82) is 0 Å². The Hall–Kier alpha value is -2.18. The summed E-state index contributed by atoms with van der Waals surface area (Å²) < 4.78 is 6.73. The summed E-state index contributed by atoms with van der Waals surface area (Å²) in [6.45, 7) is 4.41. The molecule has 7 heteroatoms. The summed E-state index contributed by atoms with van der Waals surface area (Å²) >= 11 is 0. The molecule has 2 N–H and O–H groups in total. The van der Waals surface area contributed by atoms with Crippen molar-refractivity contribution in [2.75, 3.05) is 12.3 Å². The fourth-order valence-electron chi connectivity index (χ4n) is 1.69. The zero-order valence-electron chi connectivity index (χ0n) is 10.3. The maximum Gasteiger partial charge on any atom is 0.310 e. The van der Waals surface area contributed by atoms with Crippen molar-refractivity contribution in [1.82, 2.24) is 19.5 Å². The van der Waals surface area contributed by atoms with Crippen molar-refractivity contribution in [3.63, 3.8) is 0 Å². The zero-order chi connectivity index (χ0) is 13.1. The van der Waals surface area contributed by atoms with Crippen LogP contribution in [0.25, 0.3) is 11.2 Å². The number of fused-ring (bicyclic) bond motifs is 1. The van der Waals surface area contributed by atoms with Gasteiger partial charge in [0.1, 0.15) is 11.8 Å². The van der Waals surface area contributed by atoms with Crippen LogP contribution >= 0.6 is 0 Å². The van der Waals surface area contributed by atoms with Gasteiger partial charge in [0.05, 0.1) is 18.9 Å². The molecule has 2 aromatic rings. The standard InChI is InChI=1S/C11H15N5O2/c1-3-18-11(17)7(2)4-16-6-15-8-9(12)13-5-14-10(8)16/h5-7H,3-4H2,1-2H3,(H2,12,13,14). The number of anilines is 1. The molecule has 0 radical (unpaired) electrons. The Kier molecular flexibility index (Phi) is 3.40. The molecule has 0 bridgehead atoms. The van der Waals surface area contributed by atoms with Crippen LogP contribution in [0.2, 0.25) is 0 Å². The molecule has 0 saturated carbocycles. The number of nitrogen functional groups attached to an aromatic ring is 1. The van der Waals surface area contributed by atoms with Crippen LogP contribution < -0.4 is 5.73 Å². The van der Waals surface area contributed by atoms with Crippen LogP contribution in [-0.4, -0.2) is 32.1 Å². The number of imidazole rings is 1. The third kappa shape index (κ3) is 2.24. The molecule has 0 aliphatic rings. The fourth-order valence-corrected chi connectivity index (χ4v) is 1.69. The lowest BCUT2D eigenvalue weighted by atomic mass is 10.2. The van der Waals surface area contributed by atoms with Crippen LogP contribution in [0.15, 0.2) is 12.7 Å². The van der Waals surface area contributed by atoms with Crippen LogP contribution in [0.3, 0.4) is 0 Å². The number of esters is 1. The third-order valence-electron chi connectivity index (χ3n) is 2.59. The van der Waals surface area contributed by atoms with E-state index in [4.69, 9.17) is 10.5 Å². The lowest BCUT2D eigenvalue weighted by Gasteiger charge is -2.11. The Morgan fingerprint density at radius 3 is 3.00 bits per heavy atom. The smallest absolute Gasteiger partial charge is 0.310 e. The fraction of sp³-hybridized carbons (Fsp3) is 0.455. The van der Waals surface area contributed by atoms with Gasteiger partial charge >= 0.3 is 5.97 Å². The van der Waals surface area contributed by atoms with Gasteiger partial charge < -0.3 is 15.0 Å². The van der Waals surface area contributed by atoms with E-state index in [0.717, 1.165) is 0 Å². The molecular weight excluding hydrogens is 234 g/mol. The van der Waals surface area contributed by atoms with Gasteiger partial charge in [0.2, 0.25) is 0 Å². The first-order valence-corrected chi connectivity index (χ1v) is 5.71.